The van der Waals surface area contributed by atoms with E-state index in [9.17, 15) is 0 Å². The van der Waals surface area contributed by atoms with Crippen LogP contribution in [-0.2, 0) is 15.9 Å². The lowest BCUT2D eigenvalue weighted by molar-refractivity contribution is -0.231. The molecule has 2 rings (SSSR count). The highest BCUT2D eigenvalue weighted by Gasteiger charge is 2.32. The molecular weight excluding hydrogens is 272 g/mol. The Labute approximate surface area is 136 Å². The second kappa shape index (κ2) is 8.69. The fraction of sp³-hybridized carbons (Fsp3) is 0.700. The van der Waals surface area contributed by atoms with Crippen LogP contribution < -0.4 is 0 Å². The van der Waals surface area contributed by atoms with Gasteiger partial charge in [0.25, 0.3) is 0 Å². The van der Waals surface area contributed by atoms with Crippen molar-refractivity contribution in [2.45, 2.75) is 72.0 Å². The van der Waals surface area contributed by atoms with Gasteiger partial charge in [-0.2, -0.15) is 0 Å². The van der Waals surface area contributed by atoms with Gasteiger partial charge in [0.15, 0.2) is 6.29 Å². The van der Waals surface area contributed by atoms with E-state index in [4.69, 9.17) is 9.47 Å². The first-order valence-electron chi connectivity index (χ1n) is 8.99. The zero-order valence-electron chi connectivity index (χ0n) is 14.6. The minimum atomic E-state index is -0.181. The van der Waals surface area contributed by atoms with E-state index in [1.54, 1.807) is 0 Å². The molecule has 124 valence electrons. The highest BCUT2D eigenvalue weighted by atomic mass is 16.7. The second-order valence-corrected chi connectivity index (χ2v) is 7.07. The van der Waals surface area contributed by atoms with Gasteiger partial charge in [0.2, 0.25) is 0 Å². The molecule has 0 spiro atoms. The third kappa shape index (κ3) is 5.10. The number of unbranched alkanes of at least 4 members (excludes halogenated alkanes) is 3. The molecule has 0 unspecified atom stereocenters. The monoisotopic (exact) mass is 304 g/mol. The SMILES string of the molecule is CCCCCc1ccc([C@H]2OC[C@](C)(CCCC)CO2)cc1. The number of rotatable bonds is 8. The number of ether oxygens (including phenoxy) is 2. The first-order valence-corrected chi connectivity index (χ1v) is 8.99. The van der Waals surface area contributed by atoms with Gasteiger partial charge in [-0.05, 0) is 24.8 Å². The standard InChI is InChI=1S/C20H32O2/c1-4-6-8-9-17-10-12-18(13-11-17)19-21-15-20(3,16-22-19)14-7-5-2/h10-13,19H,4-9,14-16H2,1-3H3/t19-,20-. The predicted octanol–water partition coefficient (Wildman–Crippen LogP) is 5.66. The Morgan fingerprint density at radius 3 is 2.18 bits per heavy atom. The highest BCUT2D eigenvalue weighted by molar-refractivity contribution is 5.23. The summed E-state index contributed by atoms with van der Waals surface area (Å²) in [5.74, 6) is 0. The Hall–Kier alpha value is -0.860. The van der Waals surface area contributed by atoms with Crippen molar-refractivity contribution in [2.24, 2.45) is 5.41 Å². The molecule has 1 aliphatic rings. The van der Waals surface area contributed by atoms with Crippen molar-refractivity contribution >= 4 is 0 Å². The van der Waals surface area contributed by atoms with Crippen LogP contribution in [0.2, 0.25) is 0 Å². The molecule has 1 aromatic rings. The Morgan fingerprint density at radius 1 is 0.955 bits per heavy atom. The summed E-state index contributed by atoms with van der Waals surface area (Å²) in [5, 5.41) is 0. The van der Waals surface area contributed by atoms with Gasteiger partial charge in [0.1, 0.15) is 0 Å². The van der Waals surface area contributed by atoms with E-state index < -0.39 is 0 Å². The van der Waals surface area contributed by atoms with Crippen LogP contribution in [0.4, 0.5) is 0 Å². The van der Waals surface area contributed by atoms with E-state index in [1.165, 1.54) is 50.5 Å². The number of aryl methyl sites for hydroxylation is 1. The van der Waals surface area contributed by atoms with Crippen molar-refractivity contribution in [1.29, 1.82) is 0 Å². The Bertz CT molecular complexity index is 416. The average molecular weight is 304 g/mol. The summed E-state index contributed by atoms with van der Waals surface area (Å²) >= 11 is 0. The molecule has 0 amide bonds. The zero-order chi connectivity index (χ0) is 15.8. The Kier molecular flexibility index (Phi) is 6.91. The van der Waals surface area contributed by atoms with Crippen LogP contribution in [0.25, 0.3) is 0 Å². The lowest BCUT2D eigenvalue weighted by Crippen LogP contribution is -2.36. The largest absolute Gasteiger partial charge is 0.348 e. The van der Waals surface area contributed by atoms with Crippen molar-refractivity contribution in [3.8, 4) is 0 Å². The molecule has 0 atom stereocenters. The maximum Gasteiger partial charge on any atom is 0.183 e. The maximum atomic E-state index is 5.99. The molecule has 0 N–H and O–H groups in total. The predicted molar refractivity (Wildman–Crippen MR) is 91.9 cm³/mol. The van der Waals surface area contributed by atoms with Gasteiger partial charge in [0.05, 0.1) is 13.2 Å². The van der Waals surface area contributed by atoms with E-state index in [2.05, 4.69) is 45.0 Å². The highest BCUT2D eigenvalue weighted by Crippen LogP contribution is 2.35. The van der Waals surface area contributed by atoms with Crippen molar-refractivity contribution in [2.75, 3.05) is 13.2 Å². The van der Waals surface area contributed by atoms with Crippen LogP contribution in [0.1, 0.15) is 76.7 Å². The van der Waals surface area contributed by atoms with E-state index >= 15 is 0 Å². The van der Waals surface area contributed by atoms with Crippen LogP contribution in [-0.4, -0.2) is 13.2 Å². The Morgan fingerprint density at radius 2 is 1.59 bits per heavy atom. The first-order chi connectivity index (χ1) is 10.7. The number of benzene rings is 1. The Balaban J connectivity index is 1.83. The van der Waals surface area contributed by atoms with Crippen LogP contribution in [0, 0.1) is 5.41 Å². The fourth-order valence-corrected chi connectivity index (χ4v) is 3.00. The smallest absolute Gasteiger partial charge is 0.183 e. The van der Waals surface area contributed by atoms with Gasteiger partial charge in [-0.25, -0.2) is 0 Å². The zero-order valence-corrected chi connectivity index (χ0v) is 14.6. The molecule has 1 saturated heterocycles. The quantitative estimate of drug-likeness (QED) is 0.577. The molecule has 22 heavy (non-hydrogen) atoms. The minimum Gasteiger partial charge on any atom is -0.348 e. The van der Waals surface area contributed by atoms with Gasteiger partial charge in [-0.3, -0.25) is 0 Å². The topological polar surface area (TPSA) is 18.5 Å². The van der Waals surface area contributed by atoms with E-state index in [1.807, 2.05) is 0 Å². The van der Waals surface area contributed by atoms with Crippen molar-refractivity contribution in [3.05, 3.63) is 35.4 Å². The summed E-state index contributed by atoms with van der Waals surface area (Å²) < 4.78 is 12.0. The molecule has 0 bridgehead atoms. The summed E-state index contributed by atoms with van der Waals surface area (Å²) in [7, 11) is 0. The lowest BCUT2D eigenvalue weighted by atomic mass is 9.86. The van der Waals surface area contributed by atoms with Gasteiger partial charge in [-0.1, -0.05) is 70.7 Å². The van der Waals surface area contributed by atoms with E-state index in [0.29, 0.717) is 0 Å². The second-order valence-electron chi connectivity index (χ2n) is 7.07. The molecular formula is C20H32O2. The molecule has 1 fully saturated rings. The summed E-state index contributed by atoms with van der Waals surface area (Å²) in [5.41, 5.74) is 2.75. The summed E-state index contributed by atoms with van der Waals surface area (Å²) in [6, 6.07) is 8.78. The van der Waals surface area contributed by atoms with Gasteiger partial charge in [-0.15, -0.1) is 0 Å². The molecule has 1 aromatic carbocycles. The van der Waals surface area contributed by atoms with Crippen LogP contribution in [0.5, 0.6) is 0 Å². The maximum absolute atomic E-state index is 5.99. The third-order valence-corrected chi connectivity index (χ3v) is 4.62. The molecule has 0 aromatic heterocycles. The van der Waals surface area contributed by atoms with Crippen LogP contribution in [0.3, 0.4) is 0 Å². The van der Waals surface area contributed by atoms with Crippen LogP contribution >= 0.6 is 0 Å². The van der Waals surface area contributed by atoms with E-state index in [0.717, 1.165) is 18.8 Å². The average Bonchev–Trinajstić information content (AvgIpc) is 2.55. The minimum absolute atomic E-state index is 0.181. The summed E-state index contributed by atoms with van der Waals surface area (Å²) in [4.78, 5) is 0. The van der Waals surface area contributed by atoms with Crippen molar-refractivity contribution < 1.29 is 9.47 Å². The lowest BCUT2D eigenvalue weighted by Gasteiger charge is -2.37. The van der Waals surface area contributed by atoms with E-state index in [-0.39, 0.29) is 11.7 Å². The molecule has 2 nitrogen and oxygen atoms in total. The molecule has 0 aliphatic carbocycles. The van der Waals surface area contributed by atoms with Gasteiger partial charge < -0.3 is 9.47 Å². The number of hydrogen-bond donors (Lipinski definition) is 0. The van der Waals surface area contributed by atoms with Crippen molar-refractivity contribution in [3.63, 3.8) is 0 Å². The summed E-state index contributed by atoms with van der Waals surface area (Å²) in [6.07, 6.45) is 8.54. The van der Waals surface area contributed by atoms with Crippen LogP contribution in [0.15, 0.2) is 24.3 Å². The van der Waals surface area contributed by atoms with Gasteiger partial charge in [0, 0.05) is 11.0 Å². The summed E-state index contributed by atoms with van der Waals surface area (Å²) in [6.45, 7) is 8.36. The normalized spacial score (nSPS) is 25.3. The first kappa shape index (κ1) is 17.5. The molecule has 1 heterocycles. The van der Waals surface area contributed by atoms with Gasteiger partial charge >= 0.3 is 0 Å². The van der Waals surface area contributed by atoms with Crippen molar-refractivity contribution in [1.82, 2.24) is 0 Å². The molecule has 0 saturated carbocycles. The molecule has 2 heteroatoms. The number of hydrogen-bond acceptors (Lipinski definition) is 2. The molecule has 1 aliphatic heterocycles. The fourth-order valence-electron chi connectivity index (χ4n) is 3.00. The third-order valence-electron chi connectivity index (χ3n) is 4.62. The molecule has 0 radical (unpaired) electrons.